The summed E-state index contributed by atoms with van der Waals surface area (Å²) >= 11 is 0. The van der Waals surface area contributed by atoms with Gasteiger partial charge in [-0.05, 0) is 57.1 Å². The minimum Gasteiger partial charge on any atom is -0.468 e. The third-order valence-electron chi connectivity index (χ3n) is 4.68. The van der Waals surface area contributed by atoms with Crippen LogP contribution in [0.4, 0.5) is 0 Å². The van der Waals surface area contributed by atoms with Gasteiger partial charge in [-0.2, -0.15) is 0 Å². The molecular weight excluding hydrogens is 354 g/mol. The second kappa shape index (κ2) is 10.1. The molecule has 0 aliphatic carbocycles. The zero-order valence-corrected chi connectivity index (χ0v) is 17.4. The third-order valence-corrected chi connectivity index (χ3v) is 4.68. The first-order valence-electron chi connectivity index (χ1n) is 9.63. The van der Waals surface area contributed by atoms with Gasteiger partial charge >= 0.3 is 0 Å². The first kappa shape index (κ1) is 21.7. The molecule has 0 fully saturated rings. The molecule has 0 bridgehead atoms. The van der Waals surface area contributed by atoms with E-state index in [1.165, 1.54) is 0 Å². The van der Waals surface area contributed by atoms with Gasteiger partial charge in [-0.1, -0.05) is 32.0 Å². The molecule has 2 aromatic rings. The fraction of sp³-hybridized carbons (Fsp3) is 0.455. The molecule has 2 N–H and O–H groups in total. The van der Waals surface area contributed by atoms with Gasteiger partial charge in [-0.25, -0.2) is 0 Å². The van der Waals surface area contributed by atoms with Crippen molar-refractivity contribution in [3.63, 3.8) is 0 Å². The summed E-state index contributed by atoms with van der Waals surface area (Å²) in [6.07, 6.45) is 2.19. The molecule has 2 amide bonds. The molecule has 1 aromatic carbocycles. The molecule has 0 aliphatic heterocycles. The van der Waals surface area contributed by atoms with E-state index in [0.29, 0.717) is 18.5 Å². The molecule has 2 atom stereocenters. The van der Waals surface area contributed by atoms with Crippen molar-refractivity contribution < 1.29 is 14.0 Å². The Labute approximate surface area is 167 Å². The standard InChI is InChI=1S/C22H31N3O3/c1-15(2)13-18(24-21(26)17-10-7-6-9-16(17)3)22(27)23-14-19(25(4)5)20-11-8-12-28-20/h6-12,15,18-19H,13-14H2,1-5H3,(H,23,27)(H,24,26). The maximum atomic E-state index is 12.9. The van der Waals surface area contributed by atoms with Crippen molar-refractivity contribution >= 4 is 11.8 Å². The quantitative estimate of drug-likeness (QED) is 0.695. The number of hydrogen-bond acceptors (Lipinski definition) is 4. The SMILES string of the molecule is Cc1ccccc1C(=O)NC(CC(C)C)C(=O)NCC(c1ccco1)N(C)C. The van der Waals surface area contributed by atoms with Crippen molar-refractivity contribution in [2.45, 2.75) is 39.3 Å². The van der Waals surface area contributed by atoms with Gasteiger partial charge in [0.25, 0.3) is 5.91 Å². The minimum absolute atomic E-state index is 0.0780. The van der Waals surface area contributed by atoms with Crippen molar-refractivity contribution in [3.05, 3.63) is 59.5 Å². The molecule has 152 valence electrons. The molecule has 0 radical (unpaired) electrons. The van der Waals surface area contributed by atoms with E-state index in [9.17, 15) is 9.59 Å². The third kappa shape index (κ3) is 5.96. The van der Waals surface area contributed by atoms with E-state index in [2.05, 4.69) is 10.6 Å². The Hall–Kier alpha value is -2.60. The van der Waals surface area contributed by atoms with Crippen molar-refractivity contribution in [3.8, 4) is 0 Å². The highest BCUT2D eigenvalue weighted by Crippen LogP contribution is 2.18. The fourth-order valence-electron chi connectivity index (χ4n) is 3.11. The molecule has 6 nitrogen and oxygen atoms in total. The highest BCUT2D eigenvalue weighted by molar-refractivity contribution is 5.98. The molecule has 0 saturated carbocycles. The van der Waals surface area contributed by atoms with Crippen LogP contribution in [-0.2, 0) is 4.79 Å². The molecule has 0 aliphatic rings. The van der Waals surface area contributed by atoms with Crippen molar-refractivity contribution in [2.75, 3.05) is 20.6 Å². The average molecular weight is 386 g/mol. The number of aryl methyl sites for hydroxylation is 1. The molecule has 1 heterocycles. The second-order valence-electron chi connectivity index (χ2n) is 7.71. The van der Waals surface area contributed by atoms with E-state index < -0.39 is 6.04 Å². The lowest BCUT2D eigenvalue weighted by molar-refractivity contribution is -0.123. The van der Waals surface area contributed by atoms with Crippen LogP contribution in [0.5, 0.6) is 0 Å². The normalized spacial score (nSPS) is 13.4. The summed E-state index contributed by atoms with van der Waals surface area (Å²) in [5.74, 6) is 0.639. The topological polar surface area (TPSA) is 74.6 Å². The molecule has 0 spiro atoms. The average Bonchev–Trinajstić information content (AvgIpc) is 3.15. The zero-order valence-electron chi connectivity index (χ0n) is 17.4. The highest BCUT2D eigenvalue weighted by atomic mass is 16.3. The van der Waals surface area contributed by atoms with E-state index in [1.54, 1.807) is 12.3 Å². The summed E-state index contributed by atoms with van der Waals surface area (Å²) in [5.41, 5.74) is 1.47. The number of carbonyl (C=O) groups excluding carboxylic acids is 2. The van der Waals surface area contributed by atoms with Gasteiger partial charge in [0.2, 0.25) is 5.91 Å². The number of amides is 2. The first-order chi connectivity index (χ1) is 13.3. The Balaban J connectivity index is 2.06. The number of benzene rings is 1. The summed E-state index contributed by atoms with van der Waals surface area (Å²) in [6.45, 7) is 6.35. The molecular formula is C22H31N3O3. The van der Waals surface area contributed by atoms with E-state index in [4.69, 9.17) is 4.42 Å². The van der Waals surface area contributed by atoms with Crippen molar-refractivity contribution in [1.82, 2.24) is 15.5 Å². The lowest BCUT2D eigenvalue weighted by Crippen LogP contribution is -2.49. The van der Waals surface area contributed by atoms with E-state index >= 15 is 0 Å². The minimum atomic E-state index is -0.591. The Morgan fingerprint density at radius 3 is 2.39 bits per heavy atom. The Kier molecular flexibility index (Phi) is 7.81. The summed E-state index contributed by atoms with van der Waals surface area (Å²) in [4.78, 5) is 27.5. The van der Waals surface area contributed by atoms with Crippen LogP contribution in [0.3, 0.4) is 0 Å². The predicted octanol–water partition coefficient (Wildman–Crippen LogP) is 3.15. The second-order valence-corrected chi connectivity index (χ2v) is 7.71. The lowest BCUT2D eigenvalue weighted by Gasteiger charge is -2.25. The molecule has 1 aromatic heterocycles. The maximum absolute atomic E-state index is 12.9. The summed E-state index contributed by atoms with van der Waals surface area (Å²) in [6, 6.07) is 10.4. The van der Waals surface area contributed by atoms with Crippen LogP contribution in [0.15, 0.2) is 47.1 Å². The van der Waals surface area contributed by atoms with E-state index in [1.807, 2.05) is 70.1 Å². The van der Waals surface area contributed by atoms with Crippen LogP contribution in [0.2, 0.25) is 0 Å². The predicted molar refractivity (Wildman–Crippen MR) is 110 cm³/mol. The molecule has 2 rings (SSSR count). The number of nitrogens with zero attached hydrogens (tertiary/aromatic N) is 1. The van der Waals surface area contributed by atoms with Gasteiger partial charge < -0.3 is 15.1 Å². The number of nitrogens with one attached hydrogen (secondary N) is 2. The zero-order chi connectivity index (χ0) is 20.7. The molecule has 2 unspecified atom stereocenters. The van der Waals surface area contributed by atoms with Crippen LogP contribution in [0.1, 0.15) is 48.0 Å². The number of rotatable bonds is 9. The van der Waals surface area contributed by atoms with Gasteiger partial charge in [0.05, 0.1) is 12.3 Å². The van der Waals surface area contributed by atoms with Crippen LogP contribution < -0.4 is 10.6 Å². The van der Waals surface area contributed by atoms with Crippen LogP contribution in [-0.4, -0.2) is 43.4 Å². The van der Waals surface area contributed by atoms with Gasteiger partial charge in [-0.15, -0.1) is 0 Å². The lowest BCUT2D eigenvalue weighted by atomic mass is 10.0. The van der Waals surface area contributed by atoms with Gasteiger partial charge in [0.15, 0.2) is 0 Å². The molecule has 0 saturated heterocycles. The van der Waals surface area contributed by atoms with E-state index in [-0.39, 0.29) is 23.8 Å². The van der Waals surface area contributed by atoms with Gasteiger partial charge in [0, 0.05) is 12.1 Å². The van der Waals surface area contributed by atoms with Crippen LogP contribution >= 0.6 is 0 Å². The summed E-state index contributed by atoms with van der Waals surface area (Å²) < 4.78 is 5.49. The Morgan fingerprint density at radius 2 is 1.82 bits per heavy atom. The fourth-order valence-corrected chi connectivity index (χ4v) is 3.11. The number of carbonyl (C=O) groups is 2. The first-order valence-corrected chi connectivity index (χ1v) is 9.63. The number of hydrogen-bond donors (Lipinski definition) is 2. The molecule has 28 heavy (non-hydrogen) atoms. The number of furan rings is 1. The Morgan fingerprint density at radius 1 is 1.11 bits per heavy atom. The maximum Gasteiger partial charge on any atom is 0.252 e. The highest BCUT2D eigenvalue weighted by Gasteiger charge is 2.25. The van der Waals surface area contributed by atoms with Crippen molar-refractivity contribution in [1.29, 1.82) is 0 Å². The largest absolute Gasteiger partial charge is 0.468 e. The monoisotopic (exact) mass is 385 g/mol. The Bertz CT molecular complexity index is 769. The van der Waals surface area contributed by atoms with E-state index in [0.717, 1.165) is 11.3 Å². The molecule has 6 heteroatoms. The number of likely N-dealkylation sites (N-methyl/N-ethyl adjacent to an activating group) is 1. The summed E-state index contributed by atoms with van der Waals surface area (Å²) in [5, 5.41) is 5.88. The van der Waals surface area contributed by atoms with Gasteiger partial charge in [0.1, 0.15) is 11.8 Å². The van der Waals surface area contributed by atoms with Crippen LogP contribution in [0, 0.1) is 12.8 Å². The summed E-state index contributed by atoms with van der Waals surface area (Å²) in [7, 11) is 3.87. The van der Waals surface area contributed by atoms with Crippen molar-refractivity contribution in [2.24, 2.45) is 5.92 Å². The van der Waals surface area contributed by atoms with Crippen LogP contribution in [0.25, 0.3) is 0 Å². The smallest absolute Gasteiger partial charge is 0.252 e. The van der Waals surface area contributed by atoms with Gasteiger partial charge in [-0.3, -0.25) is 14.5 Å².